The Bertz CT molecular complexity index is 1060. The molecule has 1 aliphatic carbocycles. The van der Waals surface area contributed by atoms with Gasteiger partial charge in [0.2, 0.25) is 0 Å². The molecule has 1 atom stereocenters. The van der Waals surface area contributed by atoms with Crippen LogP contribution in [0.1, 0.15) is 39.5 Å². The van der Waals surface area contributed by atoms with E-state index >= 15 is 0 Å². The Hall–Kier alpha value is -2.66. The lowest BCUT2D eigenvalue weighted by molar-refractivity contribution is 0.0964. The third-order valence-electron chi connectivity index (χ3n) is 4.97. The summed E-state index contributed by atoms with van der Waals surface area (Å²) in [4.78, 5) is 12.8. The van der Waals surface area contributed by atoms with Crippen molar-refractivity contribution in [3.8, 4) is 0 Å². The third kappa shape index (κ3) is 2.78. The van der Waals surface area contributed by atoms with Crippen molar-refractivity contribution in [2.24, 2.45) is 0 Å². The SMILES string of the molecule is Cc1ccc(S(=O)(=O)n2ccc3c2CC(c2ccccc2)CC3=O)cc1. The highest BCUT2D eigenvalue weighted by Crippen LogP contribution is 2.34. The van der Waals surface area contributed by atoms with Crippen molar-refractivity contribution in [2.45, 2.75) is 30.6 Å². The van der Waals surface area contributed by atoms with E-state index in [1.807, 2.05) is 37.3 Å². The van der Waals surface area contributed by atoms with Gasteiger partial charge in [-0.3, -0.25) is 4.79 Å². The lowest BCUT2D eigenvalue weighted by Crippen LogP contribution is -2.23. The molecule has 132 valence electrons. The maximum absolute atomic E-state index is 13.1. The largest absolute Gasteiger partial charge is 0.294 e. The minimum atomic E-state index is -3.72. The highest BCUT2D eigenvalue weighted by molar-refractivity contribution is 7.90. The van der Waals surface area contributed by atoms with Gasteiger partial charge in [0, 0.05) is 23.9 Å². The Morgan fingerprint density at radius 1 is 0.923 bits per heavy atom. The van der Waals surface area contributed by atoms with Crippen LogP contribution in [-0.4, -0.2) is 18.2 Å². The molecule has 1 aliphatic rings. The second kappa shape index (κ2) is 6.25. The molecule has 0 amide bonds. The Labute approximate surface area is 153 Å². The Kier molecular flexibility index (Phi) is 4.04. The van der Waals surface area contributed by atoms with Gasteiger partial charge in [-0.1, -0.05) is 48.0 Å². The second-order valence-electron chi connectivity index (χ2n) is 6.73. The third-order valence-corrected chi connectivity index (χ3v) is 6.70. The number of Topliss-reactive ketones (excluding diaryl/α,β-unsaturated/α-hetero) is 1. The van der Waals surface area contributed by atoms with E-state index in [0.29, 0.717) is 24.1 Å². The Balaban J connectivity index is 1.78. The van der Waals surface area contributed by atoms with Crippen molar-refractivity contribution in [1.82, 2.24) is 3.97 Å². The lowest BCUT2D eigenvalue weighted by atomic mass is 9.82. The van der Waals surface area contributed by atoms with E-state index in [4.69, 9.17) is 0 Å². The van der Waals surface area contributed by atoms with Crippen molar-refractivity contribution >= 4 is 15.8 Å². The standard InChI is InChI=1S/C21H19NO3S/c1-15-7-9-18(10-8-15)26(24,25)22-12-11-19-20(22)13-17(14-21(19)23)16-5-3-2-4-6-16/h2-12,17H,13-14H2,1H3. The molecule has 5 heteroatoms. The molecule has 1 unspecified atom stereocenters. The van der Waals surface area contributed by atoms with Crippen LogP contribution in [0.2, 0.25) is 0 Å². The average Bonchev–Trinajstić information content (AvgIpc) is 3.08. The van der Waals surface area contributed by atoms with E-state index in [2.05, 4.69) is 0 Å². The fourth-order valence-electron chi connectivity index (χ4n) is 3.55. The molecular formula is C21H19NO3S. The number of aryl methyl sites for hydroxylation is 1. The zero-order valence-corrected chi connectivity index (χ0v) is 15.2. The second-order valence-corrected chi connectivity index (χ2v) is 8.54. The van der Waals surface area contributed by atoms with Gasteiger partial charge >= 0.3 is 0 Å². The summed E-state index contributed by atoms with van der Waals surface area (Å²) in [5.74, 6) is -0.00368. The van der Waals surface area contributed by atoms with Gasteiger partial charge in [0.05, 0.1) is 4.90 Å². The fraction of sp³-hybridized carbons (Fsp3) is 0.190. The predicted octanol–water partition coefficient (Wildman–Crippen LogP) is 3.95. The van der Waals surface area contributed by atoms with Crippen LogP contribution < -0.4 is 0 Å². The van der Waals surface area contributed by atoms with E-state index in [9.17, 15) is 13.2 Å². The van der Waals surface area contributed by atoms with Crippen LogP contribution in [0.5, 0.6) is 0 Å². The molecule has 0 aliphatic heterocycles. The van der Waals surface area contributed by atoms with Crippen LogP contribution in [0.3, 0.4) is 0 Å². The fourth-order valence-corrected chi connectivity index (χ4v) is 4.94. The molecule has 0 saturated heterocycles. The molecule has 0 fully saturated rings. The van der Waals surface area contributed by atoms with Crippen molar-refractivity contribution in [1.29, 1.82) is 0 Å². The van der Waals surface area contributed by atoms with Crippen molar-refractivity contribution in [2.75, 3.05) is 0 Å². The van der Waals surface area contributed by atoms with Gasteiger partial charge in [-0.15, -0.1) is 0 Å². The Morgan fingerprint density at radius 2 is 1.62 bits per heavy atom. The maximum atomic E-state index is 13.1. The highest BCUT2D eigenvalue weighted by Gasteiger charge is 2.32. The topological polar surface area (TPSA) is 56.1 Å². The summed E-state index contributed by atoms with van der Waals surface area (Å²) >= 11 is 0. The van der Waals surface area contributed by atoms with Crippen LogP contribution in [0, 0.1) is 6.92 Å². The number of hydrogen-bond donors (Lipinski definition) is 0. The van der Waals surface area contributed by atoms with E-state index in [-0.39, 0.29) is 16.6 Å². The zero-order valence-electron chi connectivity index (χ0n) is 14.4. The highest BCUT2D eigenvalue weighted by atomic mass is 32.2. The molecule has 4 rings (SSSR count). The van der Waals surface area contributed by atoms with Gasteiger partial charge in [0.1, 0.15) is 0 Å². The summed E-state index contributed by atoms with van der Waals surface area (Å²) in [5.41, 5.74) is 3.16. The van der Waals surface area contributed by atoms with E-state index in [1.54, 1.807) is 30.3 Å². The van der Waals surface area contributed by atoms with Crippen molar-refractivity contribution < 1.29 is 13.2 Å². The summed E-state index contributed by atoms with van der Waals surface area (Å²) in [5, 5.41) is 0. The summed E-state index contributed by atoms with van der Waals surface area (Å²) in [6, 6.07) is 18.2. The molecule has 0 N–H and O–H groups in total. The monoisotopic (exact) mass is 365 g/mol. The quantitative estimate of drug-likeness (QED) is 0.706. The lowest BCUT2D eigenvalue weighted by Gasteiger charge is -2.23. The minimum Gasteiger partial charge on any atom is -0.294 e. The number of carbonyl (C=O) groups excluding carboxylic acids is 1. The van der Waals surface area contributed by atoms with Crippen LogP contribution in [-0.2, 0) is 16.4 Å². The molecule has 26 heavy (non-hydrogen) atoms. The molecule has 0 bridgehead atoms. The molecule has 0 saturated carbocycles. The first-order valence-electron chi connectivity index (χ1n) is 8.57. The summed E-state index contributed by atoms with van der Waals surface area (Å²) in [6.07, 6.45) is 2.44. The van der Waals surface area contributed by atoms with Crippen LogP contribution in [0.15, 0.2) is 71.8 Å². The molecule has 3 aromatic rings. The summed E-state index contributed by atoms with van der Waals surface area (Å²) in [7, 11) is -3.72. The number of aromatic nitrogens is 1. The average molecular weight is 365 g/mol. The normalized spacial score (nSPS) is 17.1. The minimum absolute atomic E-state index is 0.00179. The molecule has 4 nitrogen and oxygen atoms in total. The zero-order chi connectivity index (χ0) is 18.3. The number of carbonyl (C=O) groups is 1. The number of hydrogen-bond acceptors (Lipinski definition) is 3. The van der Waals surface area contributed by atoms with Gasteiger partial charge < -0.3 is 0 Å². The van der Waals surface area contributed by atoms with Crippen LogP contribution >= 0.6 is 0 Å². The first-order chi connectivity index (χ1) is 12.5. The van der Waals surface area contributed by atoms with Gasteiger partial charge in [-0.25, -0.2) is 12.4 Å². The number of fused-ring (bicyclic) bond motifs is 1. The molecular weight excluding hydrogens is 346 g/mol. The number of benzene rings is 2. The smallest absolute Gasteiger partial charge is 0.267 e. The van der Waals surface area contributed by atoms with E-state index in [1.165, 1.54) is 10.2 Å². The molecule has 2 aromatic carbocycles. The van der Waals surface area contributed by atoms with E-state index in [0.717, 1.165) is 11.1 Å². The van der Waals surface area contributed by atoms with Gasteiger partial charge in [-0.05, 0) is 43.0 Å². The molecule has 0 radical (unpaired) electrons. The van der Waals surface area contributed by atoms with Gasteiger partial charge in [-0.2, -0.15) is 0 Å². The maximum Gasteiger partial charge on any atom is 0.267 e. The number of nitrogens with zero attached hydrogens (tertiary/aromatic N) is 1. The van der Waals surface area contributed by atoms with Crippen molar-refractivity contribution in [3.63, 3.8) is 0 Å². The Morgan fingerprint density at radius 3 is 2.31 bits per heavy atom. The van der Waals surface area contributed by atoms with Crippen LogP contribution in [0.25, 0.3) is 0 Å². The van der Waals surface area contributed by atoms with Gasteiger partial charge in [0.15, 0.2) is 5.78 Å². The van der Waals surface area contributed by atoms with E-state index < -0.39 is 10.0 Å². The molecule has 1 aromatic heterocycles. The number of rotatable bonds is 3. The summed E-state index contributed by atoms with van der Waals surface area (Å²) < 4.78 is 27.4. The van der Waals surface area contributed by atoms with Crippen molar-refractivity contribution in [3.05, 3.63) is 89.2 Å². The van der Waals surface area contributed by atoms with Crippen LogP contribution in [0.4, 0.5) is 0 Å². The predicted molar refractivity (Wildman–Crippen MR) is 100 cm³/mol. The first-order valence-corrected chi connectivity index (χ1v) is 10.0. The first kappa shape index (κ1) is 16.8. The molecule has 1 heterocycles. The molecule has 0 spiro atoms. The van der Waals surface area contributed by atoms with Gasteiger partial charge in [0.25, 0.3) is 10.0 Å². The summed E-state index contributed by atoms with van der Waals surface area (Å²) in [6.45, 7) is 1.91. The number of ketones is 1.